The molecule has 0 aliphatic rings. The molecule has 0 fully saturated rings. The van der Waals surface area contributed by atoms with E-state index in [4.69, 9.17) is 9.72 Å². The summed E-state index contributed by atoms with van der Waals surface area (Å²) in [4.78, 5) is 16.7. The molecule has 0 spiro atoms. The van der Waals surface area contributed by atoms with Crippen molar-refractivity contribution in [3.63, 3.8) is 0 Å². The van der Waals surface area contributed by atoms with Gasteiger partial charge in [-0.25, -0.2) is 4.98 Å². The van der Waals surface area contributed by atoms with Crippen LogP contribution in [0.4, 0.5) is 5.82 Å². The van der Waals surface area contributed by atoms with E-state index in [1.807, 2.05) is 29.5 Å². The number of ketones is 1. The topological polar surface area (TPSA) is 81.4 Å². The third kappa shape index (κ3) is 5.22. The molecule has 3 rings (SSSR count). The SMILES string of the molecule is COc1ccc2c(c1)nc(NCCCCCC(=O)CC(C)(C)C)c1nnc(C)n12. The normalized spacial score (nSPS) is 11.9. The Labute approximate surface area is 171 Å². The van der Waals surface area contributed by atoms with Gasteiger partial charge in [0.2, 0.25) is 5.65 Å². The first-order valence-corrected chi connectivity index (χ1v) is 10.2. The number of carbonyl (C=O) groups is 1. The van der Waals surface area contributed by atoms with Crippen LogP contribution in [0.25, 0.3) is 16.7 Å². The average molecular weight is 398 g/mol. The van der Waals surface area contributed by atoms with Crippen LogP contribution in [0.3, 0.4) is 0 Å². The standard InChI is InChI=1S/C22H31N5O2/c1-15-25-26-21-20(23-12-8-6-7-9-16(28)14-22(2,3)4)24-18-13-17(29-5)10-11-19(18)27(15)21/h10-11,13H,6-9,12,14H2,1-5H3,(H,23,24). The van der Waals surface area contributed by atoms with E-state index >= 15 is 0 Å². The van der Waals surface area contributed by atoms with Crippen LogP contribution >= 0.6 is 0 Å². The van der Waals surface area contributed by atoms with Crippen molar-refractivity contribution < 1.29 is 9.53 Å². The van der Waals surface area contributed by atoms with Crippen LogP contribution in [0.5, 0.6) is 5.75 Å². The molecule has 2 aromatic heterocycles. The molecule has 2 heterocycles. The minimum atomic E-state index is 0.0742. The number of anilines is 1. The summed E-state index contributed by atoms with van der Waals surface area (Å²) in [5.74, 6) is 2.66. The van der Waals surface area contributed by atoms with Crippen molar-refractivity contribution in [3.05, 3.63) is 24.0 Å². The second-order valence-electron chi connectivity index (χ2n) is 8.73. The Morgan fingerprint density at radius 1 is 1.17 bits per heavy atom. The highest BCUT2D eigenvalue weighted by Crippen LogP contribution is 2.25. The number of methoxy groups -OCH3 is 1. The van der Waals surface area contributed by atoms with E-state index in [0.29, 0.717) is 18.6 Å². The lowest BCUT2D eigenvalue weighted by atomic mass is 9.88. The Balaban J connectivity index is 1.62. The van der Waals surface area contributed by atoms with Crippen LogP contribution in [0.2, 0.25) is 0 Å². The number of fused-ring (bicyclic) bond motifs is 3. The van der Waals surface area contributed by atoms with E-state index in [0.717, 1.165) is 59.9 Å². The molecule has 0 aliphatic carbocycles. The summed E-state index contributed by atoms with van der Waals surface area (Å²) in [7, 11) is 1.65. The van der Waals surface area contributed by atoms with Crippen molar-refractivity contribution in [2.45, 2.75) is 59.8 Å². The molecule has 29 heavy (non-hydrogen) atoms. The molecule has 7 nitrogen and oxygen atoms in total. The van der Waals surface area contributed by atoms with Gasteiger partial charge in [0, 0.05) is 25.5 Å². The lowest BCUT2D eigenvalue weighted by Crippen LogP contribution is -2.12. The molecule has 0 aliphatic heterocycles. The zero-order valence-electron chi connectivity index (χ0n) is 18.1. The summed E-state index contributed by atoms with van der Waals surface area (Å²) in [5, 5.41) is 11.9. The number of aryl methyl sites for hydroxylation is 1. The summed E-state index contributed by atoms with van der Waals surface area (Å²) >= 11 is 0. The molecule has 156 valence electrons. The fourth-order valence-electron chi connectivity index (χ4n) is 3.51. The number of rotatable bonds is 9. The van der Waals surface area contributed by atoms with Gasteiger partial charge in [0.15, 0.2) is 5.82 Å². The molecule has 1 aromatic carbocycles. The van der Waals surface area contributed by atoms with Crippen molar-refractivity contribution in [1.29, 1.82) is 0 Å². The number of benzene rings is 1. The van der Waals surface area contributed by atoms with Gasteiger partial charge in [-0.3, -0.25) is 9.20 Å². The number of Topliss-reactive ketones (excluding diaryl/α,β-unsaturated/α-hetero) is 1. The van der Waals surface area contributed by atoms with E-state index in [-0.39, 0.29) is 5.41 Å². The lowest BCUT2D eigenvalue weighted by molar-refractivity contribution is -0.120. The highest BCUT2D eigenvalue weighted by molar-refractivity contribution is 5.84. The zero-order valence-corrected chi connectivity index (χ0v) is 18.1. The molecule has 0 radical (unpaired) electrons. The van der Waals surface area contributed by atoms with Crippen LogP contribution < -0.4 is 10.1 Å². The number of carbonyl (C=O) groups excluding carboxylic acids is 1. The maximum atomic E-state index is 12.0. The van der Waals surface area contributed by atoms with Gasteiger partial charge in [-0.1, -0.05) is 27.2 Å². The molecule has 0 saturated heterocycles. The Hall–Kier alpha value is -2.70. The Morgan fingerprint density at radius 2 is 1.97 bits per heavy atom. The van der Waals surface area contributed by atoms with E-state index < -0.39 is 0 Å². The van der Waals surface area contributed by atoms with Crippen LogP contribution in [0, 0.1) is 12.3 Å². The molecule has 1 N–H and O–H groups in total. The first-order chi connectivity index (χ1) is 13.8. The van der Waals surface area contributed by atoms with E-state index in [1.165, 1.54) is 0 Å². The molecular formula is C22H31N5O2. The predicted molar refractivity (Wildman–Crippen MR) is 116 cm³/mol. The first kappa shape index (κ1) is 21.0. The third-order valence-corrected chi connectivity index (χ3v) is 4.84. The highest BCUT2D eigenvalue weighted by atomic mass is 16.5. The molecular weight excluding hydrogens is 366 g/mol. The highest BCUT2D eigenvalue weighted by Gasteiger charge is 2.16. The molecule has 0 unspecified atom stereocenters. The van der Waals surface area contributed by atoms with Crippen molar-refractivity contribution in [2.24, 2.45) is 5.41 Å². The quantitative estimate of drug-likeness (QED) is 0.533. The predicted octanol–water partition coefficient (Wildman–Crippen LogP) is 4.57. The lowest BCUT2D eigenvalue weighted by Gasteiger charge is -2.16. The summed E-state index contributed by atoms with van der Waals surface area (Å²) in [5.41, 5.74) is 2.58. The van der Waals surface area contributed by atoms with Crippen LogP contribution in [-0.2, 0) is 4.79 Å². The zero-order chi connectivity index (χ0) is 21.0. The Bertz CT molecular complexity index is 1000. The van der Waals surface area contributed by atoms with E-state index in [2.05, 4.69) is 36.3 Å². The van der Waals surface area contributed by atoms with Crippen molar-refractivity contribution in [2.75, 3.05) is 19.0 Å². The fraction of sp³-hybridized carbons (Fsp3) is 0.545. The molecule has 3 aromatic rings. The Morgan fingerprint density at radius 3 is 2.69 bits per heavy atom. The van der Waals surface area contributed by atoms with E-state index in [1.54, 1.807) is 7.11 Å². The summed E-state index contributed by atoms with van der Waals surface area (Å²) in [6.07, 6.45) is 4.23. The minimum absolute atomic E-state index is 0.0742. The van der Waals surface area contributed by atoms with Gasteiger partial charge in [0.25, 0.3) is 0 Å². The number of ether oxygens (including phenoxy) is 1. The number of nitrogens with zero attached hydrogens (tertiary/aromatic N) is 4. The van der Waals surface area contributed by atoms with Crippen molar-refractivity contribution in [3.8, 4) is 5.75 Å². The first-order valence-electron chi connectivity index (χ1n) is 10.2. The monoisotopic (exact) mass is 397 g/mol. The number of hydrogen-bond donors (Lipinski definition) is 1. The molecule has 0 bridgehead atoms. The van der Waals surface area contributed by atoms with Crippen LogP contribution in [-0.4, -0.2) is 39.0 Å². The van der Waals surface area contributed by atoms with E-state index in [9.17, 15) is 4.79 Å². The van der Waals surface area contributed by atoms with Gasteiger partial charge in [-0.05, 0) is 37.3 Å². The molecule has 0 atom stereocenters. The molecule has 0 amide bonds. The number of aromatic nitrogens is 4. The van der Waals surface area contributed by atoms with Crippen LogP contribution in [0.15, 0.2) is 18.2 Å². The average Bonchev–Trinajstić information content (AvgIpc) is 3.04. The van der Waals surface area contributed by atoms with Gasteiger partial charge in [-0.15, -0.1) is 10.2 Å². The number of hydrogen-bond acceptors (Lipinski definition) is 6. The largest absolute Gasteiger partial charge is 0.497 e. The number of nitrogens with one attached hydrogen (secondary N) is 1. The molecule has 0 saturated carbocycles. The van der Waals surface area contributed by atoms with Gasteiger partial charge < -0.3 is 10.1 Å². The van der Waals surface area contributed by atoms with Crippen LogP contribution in [0.1, 0.15) is 58.7 Å². The second-order valence-corrected chi connectivity index (χ2v) is 8.73. The molecule has 7 heteroatoms. The maximum Gasteiger partial charge on any atom is 0.204 e. The van der Waals surface area contributed by atoms with Gasteiger partial charge in [-0.2, -0.15) is 0 Å². The smallest absolute Gasteiger partial charge is 0.204 e. The summed E-state index contributed by atoms with van der Waals surface area (Å²) < 4.78 is 7.34. The maximum absolute atomic E-state index is 12.0. The Kier molecular flexibility index (Phi) is 6.35. The summed E-state index contributed by atoms with van der Waals surface area (Å²) in [6, 6.07) is 5.81. The van der Waals surface area contributed by atoms with Crippen molar-refractivity contribution >= 4 is 28.3 Å². The van der Waals surface area contributed by atoms with Crippen molar-refractivity contribution in [1.82, 2.24) is 19.6 Å². The van der Waals surface area contributed by atoms with Gasteiger partial charge in [0.05, 0.1) is 18.1 Å². The number of unbranched alkanes of at least 4 members (excludes halogenated alkanes) is 2. The third-order valence-electron chi connectivity index (χ3n) is 4.84. The van der Waals surface area contributed by atoms with Gasteiger partial charge in [0.1, 0.15) is 17.4 Å². The second kappa shape index (κ2) is 8.76. The van der Waals surface area contributed by atoms with Gasteiger partial charge >= 0.3 is 0 Å². The summed E-state index contributed by atoms with van der Waals surface area (Å²) in [6.45, 7) is 9.02. The minimum Gasteiger partial charge on any atom is -0.497 e. The fourth-order valence-corrected chi connectivity index (χ4v) is 3.51.